The number of benzene rings is 2. The second-order valence-corrected chi connectivity index (χ2v) is 5.53. The molecule has 1 atom stereocenters. The van der Waals surface area contributed by atoms with E-state index in [-0.39, 0.29) is 17.3 Å². The van der Waals surface area contributed by atoms with Gasteiger partial charge < -0.3 is 20.6 Å². The number of anilines is 1. The maximum absolute atomic E-state index is 12.4. The van der Waals surface area contributed by atoms with Gasteiger partial charge in [-0.25, -0.2) is 0 Å². The number of amidine groups is 1. The fourth-order valence-electron chi connectivity index (χ4n) is 1.89. The van der Waals surface area contributed by atoms with E-state index in [1.807, 2.05) is 0 Å². The second-order valence-electron chi connectivity index (χ2n) is 5.10. The molecule has 1 unspecified atom stereocenters. The van der Waals surface area contributed by atoms with Gasteiger partial charge in [0.1, 0.15) is 5.75 Å². The number of nitrogens with two attached hydrogens (primary N) is 1. The van der Waals surface area contributed by atoms with Crippen LogP contribution in [0.5, 0.6) is 5.75 Å². The average Bonchev–Trinajstić information content (AvgIpc) is 2.60. The Kier molecular flexibility index (Phi) is 6.74. The lowest BCUT2D eigenvalue weighted by atomic mass is 10.2. The number of nitrogens with zero attached hydrogens (tertiary/aromatic N) is 1. The monoisotopic (exact) mass is 383 g/mol. The maximum Gasteiger partial charge on any atom is 0.387 e. The Morgan fingerprint density at radius 2 is 1.96 bits per heavy atom. The Labute approximate surface area is 153 Å². The molecule has 2 aromatic rings. The van der Waals surface area contributed by atoms with Crippen molar-refractivity contribution in [3.63, 3.8) is 0 Å². The van der Waals surface area contributed by atoms with E-state index < -0.39 is 18.6 Å². The predicted octanol–water partition coefficient (Wildman–Crippen LogP) is 3.61. The molecule has 26 heavy (non-hydrogen) atoms. The molecule has 2 rings (SSSR count). The van der Waals surface area contributed by atoms with Crippen molar-refractivity contribution < 1.29 is 23.1 Å². The molecule has 1 amide bonds. The van der Waals surface area contributed by atoms with Crippen LogP contribution >= 0.6 is 11.6 Å². The lowest BCUT2D eigenvalue weighted by Gasteiger charge is -2.14. The molecule has 138 valence electrons. The van der Waals surface area contributed by atoms with Gasteiger partial charge in [-0.1, -0.05) is 41.0 Å². The SMILES string of the molecule is CC(O/N=C(\N)c1cccc(Cl)c1)C(=O)Nc1ccccc1OC(F)F. The number of rotatable bonds is 7. The highest BCUT2D eigenvalue weighted by Gasteiger charge is 2.18. The van der Waals surface area contributed by atoms with Crippen LogP contribution in [0, 0.1) is 0 Å². The first-order valence-corrected chi connectivity index (χ1v) is 7.84. The number of hydrogen-bond acceptors (Lipinski definition) is 4. The minimum absolute atomic E-state index is 0.0357. The van der Waals surface area contributed by atoms with Gasteiger partial charge in [0.15, 0.2) is 5.84 Å². The van der Waals surface area contributed by atoms with Crippen molar-refractivity contribution in [1.29, 1.82) is 0 Å². The van der Waals surface area contributed by atoms with Crippen molar-refractivity contribution >= 4 is 29.0 Å². The molecule has 0 aromatic heterocycles. The van der Waals surface area contributed by atoms with Crippen LogP contribution in [0.4, 0.5) is 14.5 Å². The topological polar surface area (TPSA) is 85.9 Å². The average molecular weight is 384 g/mol. The van der Waals surface area contributed by atoms with E-state index in [1.165, 1.54) is 25.1 Å². The summed E-state index contributed by atoms with van der Waals surface area (Å²) in [6.07, 6.45) is -1.03. The Morgan fingerprint density at radius 1 is 1.23 bits per heavy atom. The summed E-state index contributed by atoms with van der Waals surface area (Å²) in [6.45, 7) is -1.58. The summed E-state index contributed by atoms with van der Waals surface area (Å²) < 4.78 is 29.1. The fourth-order valence-corrected chi connectivity index (χ4v) is 2.08. The van der Waals surface area contributed by atoms with Crippen molar-refractivity contribution in [2.75, 3.05) is 5.32 Å². The van der Waals surface area contributed by atoms with Gasteiger partial charge >= 0.3 is 6.61 Å². The van der Waals surface area contributed by atoms with Crippen LogP contribution in [0.2, 0.25) is 5.02 Å². The molecular formula is C17H16ClF2N3O3. The third-order valence-corrected chi connectivity index (χ3v) is 3.39. The molecule has 0 radical (unpaired) electrons. The number of ether oxygens (including phenoxy) is 1. The lowest BCUT2D eigenvalue weighted by molar-refractivity contribution is -0.126. The molecule has 3 N–H and O–H groups in total. The van der Waals surface area contributed by atoms with Crippen LogP contribution < -0.4 is 15.8 Å². The normalized spacial score (nSPS) is 12.6. The van der Waals surface area contributed by atoms with Crippen LogP contribution in [0.15, 0.2) is 53.7 Å². The fraction of sp³-hybridized carbons (Fsp3) is 0.176. The van der Waals surface area contributed by atoms with Gasteiger partial charge in [-0.3, -0.25) is 4.79 Å². The third-order valence-electron chi connectivity index (χ3n) is 3.16. The van der Waals surface area contributed by atoms with E-state index in [4.69, 9.17) is 22.2 Å². The largest absolute Gasteiger partial charge is 0.433 e. The van der Waals surface area contributed by atoms with Crippen LogP contribution in [0.3, 0.4) is 0 Å². The number of carbonyl (C=O) groups excluding carboxylic acids is 1. The number of amides is 1. The number of oxime groups is 1. The summed E-state index contributed by atoms with van der Waals surface area (Å²) in [7, 11) is 0. The van der Waals surface area contributed by atoms with Crippen LogP contribution in [-0.2, 0) is 9.63 Å². The number of para-hydroxylation sites is 2. The van der Waals surface area contributed by atoms with E-state index in [9.17, 15) is 13.6 Å². The Balaban J connectivity index is 2.01. The van der Waals surface area contributed by atoms with Crippen LogP contribution in [0.1, 0.15) is 12.5 Å². The number of alkyl halides is 2. The van der Waals surface area contributed by atoms with Crippen LogP contribution in [0.25, 0.3) is 0 Å². The summed E-state index contributed by atoms with van der Waals surface area (Å²) in [6, 6.07) is 12.4. The smallest absolute Gasteiger partial charge is 0.387 e. The van der Waals surface area contributed by atoms with Gasteiger partial charge in [-0.2, -0.15) is 8.78 Å². The van der Waals surface area contributed by atoms with E-state index >= 15 is 0 Å². The van der Waals surface area contributed by atoms with Gasteiger partial charge in [0.25, 0.3) is 5.91 Å². The zero-order valence-corrected chi connectivity index (χ0v) is 14.4. The van der Waals surface area contributed by atoms with Crippen molar-refractivity contribution in [1.82, 2.24) is 0 Å². The van der Waals surface area contributed by atoms with Gasteiger partial charge in [-0.05, 0) is 31.2 Å². The highest BCUT2D eigenvalue weighted by atomic mass is 35.5. The lowest BCUT2D eigenvalue weighted by Crippen LogP contribution is -2.27. The van der Waals surface area contributed by atoms with E-state index in [1.54, 1.807) is 30.3 Å². The van der Waals surface area contributed by atoms with E-state index in [0.29, 0.717) is 10.6 Å². The molecule has 0 saturated heterocycles. The first kappa shape index (κ1) is 19.5. The highest BCUT2D eigenvalue weighted by Crippen LogP contribution is 2.25. The molecule has 0 aliphatic heterocycles. The minimum atomic E-state index is -3.01. The molecule has 0 fully saturated rings. The predicted molar refractivity (Wildman–Crippen MR) is 94.4 cm³/mol. The Hall–Kier alpha value is -2.87. The quantitative estimate of drug-likeness (QED) is 0.434. The minimum Gasteiger partial charge on any atom is -0.433 e. The number of carbonyl (C=O) groups is 1. The number of halogens is 3. The first-order valence-electron chi connectivity index (χ1n) is 7.46. The molecule has 9 heteroatoms. The molecule has 0 saturated carbocycles. The van der Waals surface area contributed by atoms with Gasteiger partial charge in [0.2, 0.25) is 6.10 Å². The molecule has 0 aliphatic rings. The first-order chi connectivity index (χ1) is 12.4. The molecule has 0 aliphatic carbocycles. The summed E-state index contributed by atoms with van der Waals surface area (Å²) in [4.78, 5) is 17.2. The summed E-state index contributed by atoms with van der Waals surface area (Å²) in [5, 5.41) is 6.60. The molecule has 2 aromatic carbocycles. The number of nitrogens with one attached hydrogen (secondary N) is 1. The molecule has 6 nitrogen and oxygen atoms in total. The summed E-state index contributed by atoms with van der Waals surface area (Å²) in [5.41, 5.74) is 6.39. The van der Waals surface area contributed by atoms with Gasteiger partial charge in [0, 0.05) is 10.6 Å². The standard InChI is InChI=1S/C17H16ClF2N3O3/c1-10(26-23-15(21)11-5-4-6-12(18)9-11)16(24)22-13-7-2-3-8-14(13)25-17(19)20/h2-10,17H,1H3,(H2,21,23)(H,22,24). The zero-order valence-electron chi connectivity index (χ0n) is 13.7. The van der Waals surface area contributed by atoms with Crippen LogP contribution in [-0.4, -0.2) is 24.5 Å². The van der Waals surface area contributed by atoms with Crippen molar-refractivity contribution in [3.8, 4) is 5.75 Å². The van der Waals surface area contributed by atoms with Gasteiger partial charge in [0.05, 0.1) is 5.69 Å². The molecule has 0 heterocycles. The van der Waals surface area contributed by atoms with Crippen molar-refractivity contribution in [3.05, 3.63) is 59.1 Å². The summed E-state index contributed by atoms with van der Waals surface area (Å²) in [5.74, 6) is -0.739. The second kappa shape index (κ2) is 9.00. The molecular weight excluding hydrogens is 368 g/mol. The summed E-state index contributed by atoms with van der Waals surface area (Å²) >= 11 is 5.86. The van der Waals surface area contributed by atoms with E-state index in [0.717, 1.165) is 0 Å². The van der Waals surface area contributed by atoms with Crippen molar-refractivity contribution in [2.24, 2.45) is 10.9 Å². The highest BCUT2D eigenvalue weighted by molar-refractivity contribution is 6.31. The van der Waals surface area contributed by atoms with E-state index in [2.05, 4.69) is 15.2 Å². The van der Waals surface area contributed by atoms with Gasteiger partial charge in [-0.15, -0.1) is 0 Å². The van der Waals surface area contributed by atoms with Crippen molar-refractivity contribution in [2.45, 2.75) is 19.6 Å². The Bertz CT molecular complexity index is 802. The maximum atomic E-state index is 12.4. The number of hydrogen-bond donors (Lipinski definition) is 2. The Morgan fingerprint density at radius 3 is 2.65 bits per heavy atom. The third kappa shape index (κ3) is 5.59. The molecule has 0 spiro atoms. The molecule has 0 bridgehead atoms. The zero-order chi connectivity index (χ0) is 19.1.